The molecule has 1 N–H and O–H groups in total. The molecule has 0 radical (unpaired) electrons. The fourth-order valence-corrected chi connectivity index (χ4v) is 2.80. The molecule has 2 aromatic rings. The highest BCUT2D eigenvalue weighted by molar-refractivity contribution is 5.47. The second kappa shape index (κ2) is 6.91. The molecule has 1 aliphatic heterocycles. The Hall–Kier alpha value is -2.22. The number of piperidine rings is 1. The van der Waals surface area contributed by atoms with Gasteiger partial charge < -0.3 is 10.2 Å². The first-order valence-electron chi connectivity index (χ1n) is 7.93. The van der Waals surface area contributed by atoms with Gasteiger partial charge >= 0.3 is 0 Å². The van der Waals surface area contributed by atoms with Gasteiger partial charge in [0.1, 0.15) is 18.0 Å². The van der Waals surface area contributed by atoms with Crippen LogP contribution in [0.25, 0.3) is 0 Å². The van der Waals surface area contributed by atoms with E-state index in [2.05, 4.69) is 30.4 Å². The number of nitrogens with one attached hydrogen (secondary N) is 1. The molecule has 0 aliphatic carbocycles. The Kier molecular flexibility index (Phi) is 4.71. The number of hydrogen-bond donors (Lipinski definition) is 1. The zero-order valence-corrected chi connectivity index (χ0v) is 14.0. The van der Waals surface area contributed by atoms with Crippen molar-refractivity contribution in [2.24, 2.45) is 7.05 Å². The van der Waals surface area contributed by atoms with Crippen LogP contribution in [0.2, 0.25) is 0 Å². The monoisotopic (exact) mass is 316 g/mol. The molecular formula is C15H24N8. The number of anilines is 2. The van der Waals surface area contributed by atoms with Gasteiger partial charge in [0.05, 0.1) is 11.9 Å². The summed E-state index contributed by atoms with van der Waals surface area (Å²) >= 11 is 0. The molecule has 8 nitrogen and oxygen atoms in total. The zero-order valence-electron chi connectivity index (χ0n) is 14.0. The third-order valence-electron chi connectivity index (χ3n) is 4.08. The molecule has 0 atom stereocenters. The van der Waals surface area contributed by atoms with E-state index in [0.717, 1.165) is 49.8 Å². The largest absolute Gasteiger partial charge is 0.367 e. The summed E-state index contributed by atoms with van der Waals surface area (Å²) in [5.41, 5.74) is 1.03. The first-order chi connectivity index (χ1) is 11.1. The molecule has 0 spiro atoms. The van der Waals surface area contributed by atoms with Crippen LogP contribution in [0, 0.1) is 0 Å². The van der Waals surface area contributed by atoms with E-state index in [1.807, 2.05) is 38.3 Å². The number of likely N-dealkylation sites (tertiary alicyclic amines) is 1. The van der Waals surface area contributed by atoms with Crippen molar-refractivity contribution in [3.8, 4) is 0 Å². The predicted molar refractivity (Wildman–Crippen MR) is 89.3 cm³/mol. The molecule has 0 amide bonds. The van der Waals surface area contributed by atoms with E-state index in [-0.39, 0.29) is 0 Å². The summed E-state index contributed by atoms with van der Waals surface area (Å²) in [6.07, 6.45) is 5.65. The van der Waals surface area contributed by atoms with Crippen molar-refractivity contribution in [1.82, 2.24) is 29.9 Å². The molecule has 1 saturated heterocycles. The summed E-state index contributed by atoms with van der Waals surface area (Å²) in [7, 11) is 5.82. The van der Waals surface area contributed by atoms with E-state index in [1.165, 1.54) is 0 Å². The SMILES string of the molecule is CN(C)c1cc(NC2CCN(Cc3cnn(C)n3)CC2)ncn1. The molecule has 0 aromatic carbocycles. The maximum Gasteiger partial charge on any atom is 0.133 e. The molecule has 0 unspecified atom stereocenters. The van der Waals surface area contributed by atoms with Crippen molar-refractivity contribution >= 4 is 11.6 Å². The van der Waals surface area contributed by atoms with Crippen molar-refractivity contribution in [2.75, 3.05) is 37.4 Å². The first-order valence-corrected chi connectivity index (χ1v) is 7.93. The third-order valence-corrected chi connectivity index (χ3v) is 4.08. The fourth-order valence-electron chi connectivity index (χ4n) is 2.80. The van der Waals surface area contributed by atoms with Gasteiger partial charge in [-0.3, -0.25) is 4.90 Å². The Bertz CT molecular complexity index is 630. The van der Waals surface area contributed by atoms with Crippen LogP contribution in [0.5, 0.6) is 0 Å². The normalized spacial score (nSPS) is 16.5. The summed E-state index contributed by atoms with van der Waals surface area (Å²) in [5.74, 6) is 1.82. The Labute approximate surface area is 136 Å². The van der Waals surface area contributed by atoms with E-state index < -0.39 is 0 Å². The van der Waals surface area contributed by atoms with Gasteiger partial charge in [-0.05, 0) is 12.8 Å². The lowest BCUT2D eigenvalue weighted by Crippen LogP contribution is -2.38. The minimum atomic E-state index is 0.456. The van der Waals surface area contributed by atoms with Gasteiger partial charge in [-0.1, -0.05) is 0 Å². The average molecular weight is 316 g/mol. The molecule has 0 bridgehead atoms. The molecule has 0 saturated carbocycles. The van der Waals surface area contributed by atoms with Gasteiger partial charge in [0.2, 0.25) is 0 Å². The van der Waals surface area contributed by atoms with Gasteiger partial charge in [-0.25, -0.2) is 9.97 Å². The van der Waals surface area contributed by atoms with Crippen LogP contribution in [0.3, 0.4) is 0 Å². The minimum Gasteiger partial charge on any atom is -0.367 e. The van der Waals surface area contributed by atoms with Crippen LogP contribution < -0.4 is 10.2 Å². The Balaban J connectivity index is 1.50. The quantitative estimate of drug-likeness (QED) is 0.872. The van der Waals surface area contributed by atoms with E-state index >= 15 is 0 Å². The zero-order chi connectivity index (χ0) is 16.2. The van der Waals surface area contributed by atoms with E-state index in [1.54, 1.807) is 11.1 Å². The van der Waals surface area contributed by atoms with E-state index in [4.69, 9.17) is 0 Å². The summed E-state index contributed by atoms with van der Waals surface area (Å²) in [4.78, 5) is 14.6. The predicted octanol–water partition coefficient (Wildman–Crippen LogP) is 0.748. The summed E-state index contributed by atoms with van der Waals surface area (Å²) < 4.78 is 0. The lowest BCUT2D eigenvalue weighted by atomic mass is 10.0. The smallest absolute Gasteiger partial charge is 0.133 e. The molecule has 2 aromatic heterocycles. The van der Waals surface area contributed by atoms with Gasteiger partial charge in [0.25, 0.3) is 0 Å². The van der Waals surface area contributed by atoms with Crippen LogP contribution >= 0.6 is 0 Å². The van der Waals surface area contributed by atoms with Crippen molar-refractivity contribution in [1.29, 1.82) is 0 Å². The van der Waals surface area contributed by atoms with Crippen LogP contribution in [-0.4, -0.2) is 63.1 Å². The molecule has 124 valence electrons. The summed E-state index contributed by atoms with van der Waals surface area (Å²) in [6.45, 7) is 2.98. The molecular weight excluding hydrogens is 292 g/mol. The van der Waals surface area contributed by atoms with E-state index in [9.17, 15) is 0 Å². The lowest BCUT2D eigenvalue weighted by Gasteiger charge is -2.32. The number of aromatic nitrogens is 5. The van der Waals surface area contributed by atoms with Crippen LogP contribution in [-0.2, 0) is 13.6 Å². The molecule has 1 aliphatic rings. The summed E-state index contributed by atoms with van der Waals surface area (Å²) in [6, 6.07) is 2.45. The number of aryl methyl sites for hydroxylation is 1. The minimum absolute atomic E-state index is 0.456. The van der Waals surface area contributed by atoms with Gasteiger partial charge in [-0.2, -0.15) is 15.0 Å². The highest BCUT2D eigenvalue weighted by Gasteiger charge is 2.20. The van der Waals surface area contributed by atoms with Gasteiger partial charge in [-0.15, -0.1) is 0 Å². The van der Waals surface area contributed by atoms with Crippen LogP contribution in [0.4, 0.5) is 11.6 Å². The topological polar surface area (TPSA) is 75.0 Å². The van der Waals surface area contributed by atoms with E-state index in [0.29, 0.717) is 6.04 Å². The molecule has 3 heterocycles. The number of nitrogens with zero attached hydrogens (tertiary/aromatic N) is 7. The van der Waals surface area contributed by atoms with Gasteiger partial charge in [0.15, 0.2) is 0 Å². The average Bonchev–Trinajstić information content (AvgIpc) is 2.94. The Morgan fingerprint density at radius 3 is 2.70 bits per heavy atom. The number of rotatable bonds is 5. The highest BCUT2D eigenvalue weighted by atomic mass is 15.5. The summed E-state index contributed by atoms with van der Waals surface area (Å²) in [5, 5.41) is 12.0. The van der Waals surface area contributed by atoms with Crippen molar-refractivity contribution in [3.05, 3.63) is 24.3 Å². The van der Waals surface area contributed by atoms with Crippen LogP contribution in [0.15, 0.2) is 18.6 Å². The first kappa shape index (κ1) is 15.7. The van der Waals surface area contributed by atoms with Crippen LogP contribution in [0.1, 0.15) is 18.5 Å². The molecule has 8 heteroatoms. The van der Waals surface area contributed by atoms with Gasteiger partial charge in [0, 0.05) is 52.9 Å². The fraction of sp³-hybridized carbons (Fsp3) is 0.600. The Morgan fingerprint density at radius 2 is 2.04 bits per heavy atom. The Morgan fingerprint density at radius 1 is 1.26 bits per heavy atom. The second-order valence-electron chi connectivity index (χ2n) is 6.18. The maximum absolute atomic E-state index is 4.34. The standard InChI is InChI=1S/C15H24N8/c1-21(2)15-8-14(16-11-17-15)19-12-4-6-23(7-5-12)10-13-9-18-22(3)20-13/h8-9,11-12H,4-7,10H2,1-3H3,(H,16,17,19). The van der Waals surface area contributed by atoms with Crippen molar-refractivity contribution in [3.63, 3.8) is 0 Å². The van der Waals surface area contributed by atoms with Crippen molar-refractivity contribution in [2.45, 2.75) is 25.4 Å². The lowest BCUT2D eigenvalue weighted by molar-refractivity contribution is 0.208. The third kappa shape index (κ3) is 4.16. The number of hydrogen-bond acceptors (Lipinski definition) is 7. The molecule has 3 rings (SSSR count). The second-order valence-corrected chi connectivity index (χ2v) is 6.18. The van der Waals surface area contributed by atoms with Crippen molar-refractivity contribution < 1.29 is 0 Å². The highest BCUT2D eigenvalue weighted by Crippen LogP contribution is 2.18. The maximum atomic E-state index is 4.34. The molecule has 1 fully saturated rings. The molecule has 23 heavy (non-hydrogen) atoms.